The minimum Gasteiger partial charge on any atom is -0.433 e. The molecule has 1 aromatic carbocycles. The smallest absolute Gasteiger partial charge is 0.387 e. The first-order valence-electron chi connectivity index (χ1n) is 8.13. The van der Waals surface area contributed by atoms with Gasteiger partial charge < -0.3 is 15.0 Å². The highest BCUT2D eigenvalue weighted by atomic mass is 19.3. The van der Waals surface area contributed by atoms with Crippen molar-refractivity contribution in [3.05, 3.63) is 42.7 Å². The van der Waals surface area contributed by atoms with E-state index in [0.29, 0.717) is 18.8 Å². The first-order valence-corrected chi connectivity index (χ1v) is 8.13. The summed E-state index contributed by atoms with van der Waals surface area (Å²) in [4.78, 5) is 14.3. The lowest BCUT2D eigenvalue weighted by atomic mass is 10.2. The Balaban J connectivity index is 1.61. The van der Waals surface area contributed by atoms with E-state index in [2.05, 4.69) is 15.2 Å². The van der Waals surface area contributed by atoms with Gasteiger partial charge in [0, 0.05) is 31.5 Å². The summed E-state index contributed by atoms with van der Waals surface area (Å²) in [6.07, 6.45) is 4.10. The van der Waals surface area contributed by atoms with Gasteiger partial charge >= 0.3 is 6.61 Å². The van der Waals surface area contributed by atoms with E-state index in [0.717, 1.165) is 6.42 Å². The number of amides is 1. The molecular formula is C17H20F2N4O2. The number of rotatable bonds is 6. The normalized spacial score (nSPS) is 18.4. The van der Waals surface area contributed by atoms with E-state index < -0.39 is 12.7 Å². The van der Waals surface area contributed by atoms with Gasteiger partial charge in [-0.05, 0) is 31.5 Å². The molecule has 3 rings (SSSR count). The fourth-order valence-electron chi connectivity index (χ4n) is 2.96. The van der Waals surface area contributed by atoms with Crippen LogP contribution in [0.25, 0.3) is 0 Å². The zero-order valence-electron chi connectivity index (χ0n) is 13.8. The van der Waals surface area contributed by atoms with Crippen molar-refractivity contribution in [3.8, 4) is 5.75 Å². The van der Waals surface area contributed by atoms with Gasteiger partial charge in [0.2, 0.25) is 5.91 Å². The monoisotopic (exact) mass is 350 g/mol. The molecule has 2 atom stereocenters. The number of alkyl halides is 2. The number of hydrogen-bond donors (Lipinski definition) is 1. The van der Waals surface area contributed by atoms with Crippen LogP contribution in [0, 0.1) is 0 Å². The first kappa shape index (κ1) is 17.2. The van der Waals surface area contributed by atoms with Gasteiger partial charge in [-0.3, -0.25) is 9.48 Å². The van der Waals surface area contributed by atoms with Crippen LogP contribution >= 0.6 is 0 Å². The minimum atomic E-state index is -2.87. The van der Waals surface area contributed by atoms with Gasteiger partial charge in [0.1, 0.15) is 11.8 Å². The van der Waals surface area contributed by atoms with Crippen LogP contribution in [0.1, 0.15) is 19.4 Å². The highest BCUT2D eigenvalue weighted by molar-refractivity contribution is 5.80. The molecule has 2 heterocycles. The molecular weight excluding hydrogens is 330 g/mol. The van der Waals surface area contributed by atoms with Gasteiger partial charge in [-0.25, -0.2) is 0 Å². The largest absolute Gasteiger partial charge is 0.433 e. The van der Waals surface area contributed by atoms with E-state index in [9.17, 15) is 13.6 Å². The lowest BCUT2D eigenvalue weighted by Gasteiger charge is -2.22. The number of nitrogens with zero attached hydrogens (tertiary/aromatic N) is 3. The summed E-state index contributed by atoms with van der Waals surface area (Å²) in [5.41, 5.74) is 0.611. The third kappa shape index (κ3) is 4.07. The third-order valence-electron chi connectivity index (χ3n) is 4.26. The molecule has 1 amide bonds. The number of halogens is 2. The number of nitrogens with one attached hydrogen (secondary N) is 1. The van der Waals surface area contributed by atoms with Crippen LogP contribution < -0.4 is 15.0 Å². The summed E-state index contributed by atoms with van der Waals surface area (Å²) < 4.78 is 31.3. The van der Waals surface area contributed by atoms with Crippen molar-refractivity contribution in [2.75, 3.05) is 18.0 Å². The molecule has 2 aromatic rings. The fraction of sp³-hybridized carbons (Fsp3) is 0.412. The Bertz CT molecular complexity index is 708. The molecule has 6 nitrogen and oxygen atoms in total. The van der Waals surface area contributed by atoms with E-state index in [4.69, 9.17) is 0 Å². The Hall–Kier alpha value is -2.64. The topological polar surface area (TPSA) is 59.4 Å². The van der Waals surface area contributed by atoms with Crippen LogP contribution in [0.5, 0.6) is 5.75 Å². The van der Waals surface area contributed by atoms with Crippen LogP contribution in [0.2, 0.25) is 0 Å². The quantitative estimate of drug-likeness (QED) is 0.869. The van der Waals surface area contributed by atoms with Crippen molar-refractivity contribution in [1.82, 2.24) is 15.1 Å². The van der Waals surface area contributed by atoms with Gasteiger partial charge in [0.15, 0.2) is 0 Å². The molecule has 1 saturated heterocycles. The molecule has 1 aliphatic rings. The molecule has 8 heteroatoms. The number of hydrogen-bond acceptors (Lipinski definition) is 4. The number of para-hydroxylation sites is 2. The second-order valence-corrected chi connectivity index (χ2v) is 5.95. The minimum absolute atomic E-state index is 0.0508. The maximum absolute atomic E-state index is 12.6. The molecule has 0 saturated carbocycles. The van der Waals surface area contributed by atoms with Crippen LogP contribution in [0.4, 0.5) is 14.5 Å². The van der Waals surface area contributed by atoms with Crippen LogP contribution in [-0.2, 0) is 4.79 Å². The number of carbonyl (C=O) groups is 1. The van der Waals surface area contributed by atoms with Gasteiger partial charge in [0.05, 0.1) is 5.69 Å². The number of ether oxygens (including phenoxy) is 1. The van der Waals surface area contributed by atoms with Crippen molar-refractivity contribution < 1.29 is 18.3 Å². The molecule has 0 spiro atoms. The number of benzene rings is 1. The average Bonchev–Trinajstić information content (AvgIpc) is 3.25. The zero-order valence-corrected chi connectivity index (χ0v) is 13.8. The van der Waals surface area contributed by atoms with Crippen molar-refractivity contribution >= 4 is 11.6 Å². The summed E-state index contributed by atoms with van der Waals surface area (Å²) in [6, 6.07) is 8.01. The molecule has 1 aliphatic heterocycles. The van der Waals surface area contributed by atoms with Crippen LogP contribution in [0.15, 0.2) is 42.7 Å². The second kappa shape index (κ2) is 7.50. The standard InChI is InChI=1S/C17H20F2N4O2/c1-12(23-9-4-8-20-23)16(24)21-13-7-10-22(11-13)14-5-2-3-6-15(14)25-17(18)19/h2-6,8-9,12-13,17H,7,10-11H2,1H3,(H,21,24). The maximum atomic E-state index is 12.6. The summed E-state index contributed by atoms with van der Waals surface area (Å²) in [5.74, 6) is 0.0297. The molecule has 1 aromatic heterocycles. The van der Waals surface area contributed by atoms with Crippen LogP contribution in [-0.4, -0.2) is 41.4 Å². The lowest BCUT2D eigenvalue weighted by molar-refractivity contribution is -0.124. The summed E-state index contributed by atoms with van der Waals surface area (Å²) in [5, 5.41) is 7.07. The number of anilines is 1. The molecule has 134 valence electrons. The summed E-state index contributed by atoms with van der Waals surface area (Å²) >= 11 is 0. The van der Waals surface area contributed by atoms with Gasteiger partial charge in [-0.2, -0.15) is 13.9 Å². The van der Waals surface area contributed by atoms with Crippen molar-refractivity contribution in [2.45, 2.75) is 32.0 Å². The van der Waals surface area contributed by atoms with E-state index in [-0.39, 0.29) is 17.7 Å². The van der Waals surface area contributed by atoms with Crippen molar-refractivity contribution in [2.24, 2.45) is 0 Å². The molecule has 2 unspecified atom stereocenters. The lowest BCUT2D eigenvalue weighted by Crippen LogP contribution is -2.40. The second-order valence-electron chi connectivity index (χ2n) is 5.95. The third-order valence-corrected chi connectivity index (χ3v) is 4.26. The Morgan fingerprint density at radius 1 is 1.36 bits per heavy atom. The predicted molar refractivity (Wildman–Crippen MR) is 88.8 cm³/mol. The van der Waals surface area contributed by atoms with Crippen molar-refractivity contribution in [1.29, 1.82) is 0 Å². The number of aromatic nitrogens is 2. The van der Waals surface area contributed by atoms with Crippen LogP contribution in [0.3, 0.4) is 0 Å². The maximum Gasteiger partial charge on any atom is 0.387 e. The molecule has 0 bridgehead atoms. The Kier molecular flexibility index (Phi) is 5.16. The summed E-state index contributed by atoms with van der Waals surface area (Å²) in [6.45, 7) is 0.112. The molecule has 0 aliphatic carbocycles. The van der Waals surface area contributed by atoms with Gasteiger partial charge in [-0.15, -0.1) is 0 Å². The van der Waals surface area contributed by atoms with E-state index >= 15 is 0 Å². The fourth-order valence-corrected chi connectivity index (χ4v) is 2.96. The zero-order chi connectivity index (χ0) is 17.8. The molecule has 1 fully saturated rings. The first-order chi connectivity index (χ1) is 12.0. The highest BCUT2D eigenvalue weighted by Gasteiger charge is 2.28. The van der Waals surface area contributed by atoms with E-state index in [1.807, 2.05) is 4.90 Å². The number of carbonyl (C=O) groups excluding carboxylic acids is 1. The molecule has 0 radical (unpaired) electrons. The SMILES string of the molecule is CC(C(=O)NC1CCN(c2ccccc2OC(F)F)C1)n1cccn1. The predicted octanol–water partition coefficient (Wildman–Crippen LogP) is 2.44. The van der Waals surface area contributed by atoms with E-state index in [1.54, 1.807) is 48.3 Å². The average molecular weight is 350 g/mol. The van der Waals surface area contributed by atoms with Gasteiger partial charge in [0.25, 0.3) is 0 Å². The van der Waals surface area contributed by atoms with Crippen molar-refractivity contribution in [3.63, 3.8) is 0 Å². The Labute approximate surface area is 144 Å². The molecule has 1 N–H and O–H groups in total. The van der Waals surface area contributed by atoms with Gasteiger partial charge in [-0.1, -0.05) is 12.1 Å². The molecule has 25 heavy (non-hydrogen) atoms. The summed E-state index contributed by atoms with van der Waals surface area (Å²) in [7, 11) is 0. The van der Waals surface area contributed by atoms with E-state index in [1.165, 1.54) is 6.07 Å². The Morgan fingerprint density at radius 3 is 2.88 bits per heavy atom. The highest BCUT2D eigenvalue weighted by Crippen LogP contribution is 2.31. The Morgan fingerprint density at radius 2 is 2.16 bits per heavy atom.